The largest absolute Gasteiger partial charge is 0.388 e. The Hall–Kier alpha value is -2.41. The van der Waals surface area contributed by atoms with Crippen LogP contribution in [0.5, 0.6) is 0 Å². The predicted octanol–water partition coefficient (Wildman–Crippen LogP) is 2.75. The second kappa shape index (κ2) is 6.60. The molecule has 0 aliphatic heterocycles. The number of hydrogen-bond donors (Lipinski definition) is 3. The summed E-state index contributed by atoms with van der Waals surface area (Å²) < 4.78 is 14.9. The fraction of sp³-hybridized carbons (Fsp3) is 0.412. The van der Waals surface area contributed by atoms with E-state index in [1.165, 1.54) is 12.1 Å². The van der Waals surface area contributed by atoms with E-state index < -0.39 is 11.6 Å². The summed E-state index contributed by atoms with van der Waals surface area (Å²) in [6, 6.07) is 7.37. The lowest BCUT2D eigenvalue weighted by atomic mass is 10.0. The van der Waals surface area contributed by atoms with Crippen LogP contribution in [0.4, 0.5) is 15.0 Å². The Bertz CT molecular complexity index is 738. The van der Waals surface area contributed by atoms with E-state index in [1.54, 1.807) is 22.9 Å². The van der Waals surface area contributed by atoms with Gasteiger partial charge in [-0.3, -0.25) is 5.32 Å². The molecule has 7 heteroatoms. The molecule has 0 radical (unpaired) electrons. The Morgan fingerprint density at radius 2 is 2.12 bits per heavy atom. The highest BCUT2D eigenvalue weighted by Crippen LogP contribution is 2.28. The van der Waals surface area contributed by atoms with Gasteiger partial charge in [-0.05, 0) is 38.0 Å². The van der Waals surface area contributed by atoms with Gasteiger partial charge in [0.2, 0.25) is 0 Å². The third-order valence-electron chi connectivity index (χ3n) is 4.29. The molecule has 1 fully saturated rings. The normalized spacial score (nSPS) is 16.1. The zero-order chi connectivity index (χ0) is 17.2. The molecule has 2 aromatic rings. The molecule has 128 valence electrons. The number of rotatable bonds is 4. The number of carbonyl (C=O) groups is 1. The zero-order valence-electron chi connectivity index (χ0n) is 13.6. The molecule has 24 heavy (non-hydrogen) atoms. The fourth-order valence-electron chi connectivity index (χ4n) is 3.02. The maximum absolute atomic E-state index is 13.3. The third-order valence-corrected chi connectivity index (χ3v) is 4.29. The van der Waals surface area contributed by atoms with E-state index >= 15 is 0 Å². The van der Waals surface area contributed by atoms with Gasteiger partial charge < -0.3 is 10.4 Å². The molecule has 1 aliphatic carbocycles. The summed E-state index contributed by atoms with van der Waals surface area (Å²) in [5, 5.41) is 19.8. The molecular formula is C17H21FN4O2. The summed E-state index contributed by atoms with van der Waals surface area (Å²) in [6.45, 7) is 2.05. The van der Waals surface area contributed by atoms with Crippen LogP contribution in [-0.2, 0) is 0 Å². The molecule has 2 amide bonds. The van der Waals surface area contributed by atoms with Crippen molar-refractivity contribution < 1.29 is 14.3 Å². The van der Waals surface area contributed by atoms with E-state index in [1.807, 2.05) is 6.92 Å². The van der Waals surface area contributed by atoms with Crippen LogP contribution >= 0.6 is 0 Å². The van der Waals surface area contributed by atoms with E-state index in [4.69, 9.17) is 0 Å². The van der Waals surface area contributed by atoms with Crippen molar-refractivity contribution in [3.63, 3.8) is 0 Å². The van der Waals surface area contributed by atoms with Crippen molar-refractivity contribution >= 4 is 11.8 Å². The molecule has 1 heterocycles. The van der Waals surface area contributed by atoms with Crippen LogP contribution in [0.2, 0.25) is 0 Å². The highest BCUT2D eigenvalue weighted by Gasteiger charge is 2.31. The number of urea groups is 1. The van der Waals surface area contributed by atoms with E-state index in [-0.39, 0.29) is 12.4 Å². The minimum atomic E-state index is -0.797. The number of hydrogen-bond acceptors (Lipinski definition) is 3. The number of benzene rings is 1. The molecule has 0 spiro atoms. The first kappa shape index (κ1) is 16.4. The van der Waals surface area contributed by atoms with Gasteiger partial charge in [0.1, 0.15) is 5.82 Å². The lowest BCUT2D eigenvalue weighted by Crippen LogP contribution is -2.42. The van der Waals surface area contributed by atoms with Gasteiger partial charge in [-0.25, -0.2) is 13.9 Å². The van der Waals surface area contributed by atoms with Gasteiger partial charge in [0, 0.05) is 18.3 Å². The molecule has 0 bridgehead atoms. The Kier molecular flexibility index (Phi) is 4.53. The number of carbonyl (C=O) groups excluding carboxylic acids is 1. The van der Waals surface area contributed by atoms with Crippen LogP contribution in [0.1, 0.15) is 31.4 Å². The SMILES string of the molecule is Cc1cc(NC(=O)NCC2(O)CCCC2)nn1-c1cccc(F)c1. The number of nitrogens with one attached hydrogen (secondary N) is 2. The van der Waals surface area contributed by atoms with Gasteiger partial charge in [-0.15, -0.1) is 5.10 Å². The third kappa shape index (κ3) is 3.73. The van der Waals surface area contributed by atoms with Crippen molar-refractivity contribution in [3.8, 4) is 5.69 Å². The van der Waals surface area contributed by atoms with Crippen molar-refractivity contribution in [1.82, 2.24) is 15.1 Å². The molecule has 6 nitrogen and oxygen atoms in total. The molecule has 1 aromatic heterocycles. The summed E-state index contributed by atoms with van der Waals surface area (Å²) >= 11 is 0. The molecule has 0 atom stereocenters. The quantitative estimate of drug-likeness (QED) is 0.805. The topological polar surface area (TPSA) is 79.2 Å². The van der Waals surface area contributed by atoms with Gasteiger partial charge in [0.15, 0.2) is 5.82 Å². The second-order valence-electron chi connectivity index (χ2n) is 6.30. The Morgan fingerprint density at radius 3 is 2.83 bits per heavy atom. The molecule has 1 saturated carbocycles. The highest BCUT2D eigenvalue weighted by atomic mass is 19.1. The van der Waals surface area contributed by atoms with Crippen molar-refractivity contribution in [2.75, 3.05) is 11.9 Å². The van der Waals surface area contributed by atoms with Crippen molar-refractivity contribution in [2.45, 2.75) is 38.2 Å². The van der Waals surface area contributed by atoms with E-state index in [2.05, 4.69) is 15.7 Å². The van der Waals surface area contributed by atoms with Crippen molar-refractivity contribution in [3.05, 3.63) is 41.8 Å². The number of aryl methyl sites for hydroxylation is 1. The Morgan fingerprint density at radius 1 is 1.38 bits per heavy atom. The summed E-state index contributed by atoms with van der Waals surface area (Å²) in [4.78, 5) is 12.0. The monoisotopic (exact) mass is 332 g/mol. The highest BCUT2D eigenvalue weighted by molar-refractivity contribution is 5.88. The summed E-state index contributed by atoms with van der Waals surface area (Å²) in [5.41, 5.74) is 0.556. The van der Waals surface area contributed by atoms with Crippen LogP contribution in [0.3, 0.4) is 0 Å². The minimum absolute atomic E-state index is 0.225. The zero-order valence-corrected chi connectivity index (χ0v) is 13.6. The van der Waals surface area contributed by atoms with Gasteiger partial charge in [0.25, 0.3) is 0 Å². The van der Waals surface area contributed by atoms with Crippen molar-refractivity contribution in [2.24, 2.45) is 0 Å². The average molecular weight is 332 g/mol. The smallest absolute Gasteiger partial charge is 0.320 e. The first-order valence-corrected chi connectivity index (χ1v) is 8.05. The van der Waals surface area contributed by atoms with Crippen LogP contribution in [0, 0.1) is 12.7 Å². The molecule has 1 aromatic carbocycles. The minimum Gasteiger partial charge on any atom is -0.388 e. The molecular weight excluding hydrogens is 311 g/mol. The standard InChI is InChI=1S/C17H21FN4O2/c1-12-9-15(21-22(12)14-6-4-5-13(18)10-14)20-16(23)19-11-17(24)7-2-3-8-17/h4-6,9-10,24H,2-3,7-8,11H2,1H3,(H2,19,20,21,23). The summed E-state index contributed by atoms with van der Waals surface area (Å²) in [6.07, 6.45) is 3.38. The Labute approximate surface area is 139 Å². The van der Waals surface area contributed by atoms with E-state index in [0.29, 0.717) is 24.3 Å². The first-order valence-electron chi connectivity index (χ1n) is 8.05. The van der Waals surface area contributed by atoms with Gasteiger partial charge in [0.05, 0.1) is 11.3 Å². The predicted molar refractivity (Wildman–Crippen MR) is 88.7 cm³/mol. The molecule has 3 N–H and O–H groups in total. The Balaban J connectivity index is 1.63. The number of aliphatic hydroxyl groups is 1. The van der Waals surface area contributed by atoms with Gasteiger partial charge in [-0.2, -0.15) is 0 Å². The number of amides is 2. The molecule has 3 rings (SSSR count). The second-order valence-corrected chi connectivity index (χ2v) is 6.30. The first-order chi connectivity index (χ1) is 11.5. The maximum atomic E-state index is 13.3. The molecule has 1 aliphatic rings. The summed E-state index contributed by atoms with van der Waals surface area (Å²) in [7, 11) is 0. The summed E-state index contributed by atoms with van der Waals surface area (Å²) in [5.74, 6) is 0.0205. The van der Waals surface area contributed by atoms with Crippen molar-refractivity contribution in [1.29, 1.82) is 0 Å². The fourth-order valence-corrected chi connectivity index (χ4v) is 3.02. The van der Waals surface area contributed by atoms with Crippen LogP contribution in [0.25, 0.3) is 5.69 Å². The van der Waals surface area contributed by atoms with Crippen LogP contribution < -0.4 is 10.6 Å². The average Bonchev–Trinajstić information content (AvgIpc) is 3.12. The number of anilines is 1. The van der Waals surface area contributed by atoms with Gasteiger partial charge in [-0.1, -0.05) is 18.9 Å². The molecule has 0 unspecified atom stereocenters. The lowest BCUT2D eigenvalue weighted by Gasteiger charge is -2.22. The van der Waals surface area contributed by atoms with Crippen LogP contribution in [-0.4, -0.2) is 33.1 Å². The van der Waals surface area contributed by atoms with E-state index in [9.17, 15) is 14.3 Å². The number of nitrogens with zero attached hydrogens (tertiary/aromatic N) is 2. The van der Waals surface area contributed by atoms with Crippen LogP contribution in [0.15, 0.2) is 30.3 Å². The maximum Gasteiger partial charge on any atom is 0.320 e. The van der Waals surface area contributed by atoms with Gasteiger partial charge >= 0.3 is 6.03 Å². The lowest BCUT2D eigenvalue weighted by molar-refractivity contribution is 0.0506. The number of aromatic nitrogens is 2. The molecule has 0 saturated heterocycles. The number of halogens is 1. The van der Waals surface area contributed by atoms with E-state index in [0.717, 1.165) is 18.5 Å².